The maximum atomic E-state index is 12.4. The van der Waals surface area contributed by atoms with E-state index in [0.717, 1.165) is 37.6 Å². The molecular formula is C21H27N3O2. The standard InChI is InChI=1S/C21H27N3O2/c1-2-26-20-10-8-18(9-11-20)22-13-12-21(25)24-16-14-23(15-17-24)19-6-4-3-5-7-19/h3-11,22H,2,12-17H2,1H3. The summed E-state index contributed by atoms with van der Waals surface area (Å²) in [5, 5.41) is 3.31. The second-order valence-corrected chi connectivity index (χ2v) is 6.34. The van der Waals surface area contributed by atoms with Crippen molar-refractivity contribution >= 4 is 17.3 Å². The highest BCUT2D eigenvalue weighted by Gasteiger charge is 2.20. The highest BCUT2D eigenvalue weighted by molar-refractivity contribution is 5.77. The molecular weight excluding hydrogens is 326 g/mol. The summed E-state index contributed by atoms with van der Waals surface area (Å²) in [6.45, 7) is 6.64. The second kappa shape index (κ2) is 9.13. The number of carbonyl (C=O) groups excluding carboxylic acids is 1. The predicted octanol–water partition coefficient (Wildman–Crippen LogP) is 3.24. The Kier molecular flexibility index (Phi) is 6.36. The zero-order valence-electron chi connectivity index (χ0n) is 15.4. The van der Waals surface area contributed by atoms with Crippen LogP contribution < -0.4 is 15.0 Å². The molecule has 2 aromatic carbocycles. The molecule has 1 fully saturated rings. The number of anilines is 2. The summed E-state index contributed by atoms with van der Waals surface area (Å²) >= 11 is 0. The first-order valence-electron chi connectivity index (χ1n) is 9.31. The number of para-hydroxylation sites is 1. The molecule has 0 aliphatic carbocycles. The molecule has 0 aromatic heterocycles. The van der Waals surface area contributed by atoms with Gasteiger partial charge in [0.15, 0.2) is 0 Å². The number of hydrogen-bond donors (Lipinski definition) is 1. The molecule has 1 aliphatic heterocycles. The Bertz CT molecular complexity index is 680. The van der Waals surface area contributed by atoms with Crippen LogP contribution in [0.2, 0.25) is 0 Å². The molecule has 0 atom stereocenters. The first kappa shape index (κ1) is 18.1. The fourth-order valence-electron chi connectivity index (χ4n) is 3.16. The number of carbonyl (C=O) groups is 1. The van der Waals surface area contributed by atoms with Crippen molar-refractivity contribution in [2.24, 2.45) is 0 Å². The number of rotatable bonds is 7. The van der Waals surface area contributed by atoms with Gasteiger partial charge in [-0.2, -0.15) is 0 Å². The molecule has 1 saturated heterocycles. The summed E-state index contributed by atoms with van der Waals surface area (Å²) in [6, 6.07) is 18.2. The summed E-state index contributed by atoms with van der Waals surface area (Å²) in [6.07, 6.45) is 0.512. The Morgan fingerprint density at radius 3 is 2.35 bits per heavy atom. The summed E-state index contributed by atoms with van der Waals surface area (Å²) in [7, 11) is 0. The van der Waals surface area contributed by atoms with Crippen molar-refractivity contribution < 1.29 is 9.53 Å². The van der Waals surface area contributed by atoms with Gasteiger partial charge in [0, 0.05) is 50.5 Å². The largest absolute Gasteiger partial charge is 0.494 e. The minimum absolute atomic E-state index is 0.219. The molecule has 0 bridgehead atoms. The average Bonchev–Trinajstić information content (AvgIpc) is 2.70. The molecule has 138 valence electrons. The van der Waals surface area contributed by atoms with Crippen molar-refractivity contribution in [1.29, 1.82) is 0 Å². The van der Waals surface area contributed by atoms with E-state index in [0.29, 0.717) is 19.6 Å². The topological polar surface area (TPSA) is 44.8 Å². The van der Waals surface area contributed by atoms with E-state index in [9.17, 15) is 4.79 Å². The Morgan fingerprint density at radius 1 is 1.00 bits per heavy atom. The minimum Gasteiger partial charge on any atom is -0.494 e. The van der Waals surface area contributed by atoms with Gasteiger partial charge in [0.05, 0.1) is 6.61 Å². The molecule has 0 radical (unpaired) electrons. The van der Waals surface area contributed by atoms with Crippen LogP contribution in [0.15, 0.2) is 54.6 Å². The molecule has 2 aromatic rings. The van der Waals surface area contributed by atoms with Crippen molar-refractivity contribution in [2.75, 3.05) is 49.5 Å². The number of nitrogens with zero attached hydrogens (tertiary/aromatic N) is 2. The Balaban J connectivity index is 1.39. The molecule has 3 rings (SSSR count). The first-order valence-corrected chi connectivity index (χ1v) is 9.31. The van der Waals surface area contributed by atoms with Gasteiger partial charge in [-0.1, -0.05) is 18.2 Å². The third kappa shape index (κ3) is 4.91. The fourth-order valence-corrected chi connectivity index (χ4v) is 3.16. The van der Waals surface area contributed by atoms with Gasteiger partial charge in [-0.3, -0.25) is 4.79 Å². The van der Waals surface area contributed by atoms with Crippen LogP contribution >= 0.6 is 0 Å². The first-order chi connectivity index (χ1) is 12.8. The van der Waals surface area contributed by atoms with E-state index in [1.54, 1.807) is 0 Å². The van der Waals surface area contributed by atoms with Crippen LogP contribution in [0.25, 0.3) is 0 Å². The Morgan fingerprint density at radius 2 is 1.69 bits per heavy atom. The predicted molar refractivity (Wildman–Crippen MR) is 106 cm³/mol. The molecule has 26 heavy (non-hydrogen) atoms. The summed E-state index contributed by atoms with van der Waals surface area (Å²) in [5.74, 6) is 1.08. The van der Waals surface area contributed by atoms with Gasteiger partial charge in [0.25, 0.3) is 0 Å². The molecule has 5 heteroatoms. The van der Waals surface area contributed by atoms with Crippen molar-refractivity contribution in [3.8, 4) is 5.75 Å². The number of amides is 1. The molecule has 0 spiro atoms. The van der Waals surface area contributed by atoms with E-state index in [2.05, 4.69) is 34.5 Å². The van der Waals surface area contributed by atoms with Crippen LogP contribution in [0.5, 0.6) is 5.75 Å². The van der Waals surface area contributed by atoms with Gasteiger partial charge in [-0.05, 0) is 43.3 Å². The van der Waals surface area contributed by atoms with Crippen LogP contribution in [0.4, 0.5) is 11.4 Å². The molecule has 0 unspecified atom stereocenters. The highest BCUT2D eigenvalue weighted by atomic mass is 16.5. The van der Waals surface area contributed by atoms with Crippen molar-refractivity contribution in [1.82, 2.24) is 4.90 Å². The van der Waals surface area contributed by atoms with Gasteiger partial charge in [0.1, 0.15) is 5.75 Å². The SMILES string of the molecule is CCOc1ccc(NCCC(=O)N2CCN(c3ccccc3)CC2)cc1. The van der Waals surface area contributed by atoms with Crippen molar-refractivity contribution in [3.63, 3.8) is 0 Å². The molecule has 1 N–H and O–H groups in total. The molecule has 1 amide bonds. The van der Waals surface area contributed by atoms with Gasteiger partial charge in [-0.15, -0.1) is 0 Å². The third-order valence-corrected chi connectivity index (χ3v) is 4.59. The highest BCUT2D eigenvalue weighted by Crippen LogP contribution is 2.17. The lowest BCUT2D eigenvalue weighted by atomic mass is 10.2. The van der Waals surface area contributed by atoms with Crippen molar-refractivity contribution in [2.45, 2.75) is 13.3 Å². The van der Waals surface area contributed by atoms with Gasteiger partial charge >= 0.3 is 0 Å². The lowest BCUT2D eigenvalue weighted by molar-refractivity contribution is -0.131. The number of nitrogens with one attached hydrogen (secondary N) is 1. The van der Waals surface area contributed by atoms with Crippen LogP contribution in [0.1, 0.15) is 13.3 Å². The maximum Gasteiger partial charge on any atom is 0.224 e. The zero-order valence-corrected chi connectivity index (χ0v) is 15.4. The smallest absolute Gasteiger partial charge is 0.224 e. The van der Waals surface area contributed by atoms with E-state index in [1.807, 2.05) is 42.2 Å². The Labute approximate surface area is 155 Å². The average molecular weight is 353 g/mol. The van der Waals surface area contributed by atoms with E-state index in [1.165, 1.54) is 5.69 Å². The van der Waals surface area contributed by atoms with Crippen molar-refractivity contribution in [3.05, 3.63) is 54.6 Å². The zero-order chi connectivity index (χ0) is 18.2. The second-order valence-electron chi connectivity index (χ2n) is 6.34. The number of ether oxygens (including phenoxy) is 1. The molecule has 0 saturated carbocycles. The van der Waals surface area contributed by atoms with E-state index in [-0.39, 0.29) is 5.91 Å². The number of piperazine rings is 1. The quantitative estimate of drug-likeness (QED) is 0.830. The summed E-state index contributed by atoms with van der Waals surface area (Å²) < 4.78 is 5.43. The van der Waals surface area contributed by atoms with Gasteiger partial charge < -0.3 is 19.9 Å². The monoisotopic (exact) mass is 353 g/mol. The molecule has 5 nitrogen and oxygen atoms in total. The van der Waals surface area contributed by atoms with Crippen LogP contribution in [0.3, 0.4) is 0 Å². The van der Waals surface area contributed by atoms with E-state index in [4.69, 9.17) is 4.74 Å². The van der Waals surface area contributed by atoms with Gasteiger partial charge in [0.2, 0.25) is 5.91 Å². The number of benzene rings is 2. The number of hydrogen-bond acceptors (Lipinski definition) is 4. The van der Waals surface area contributed by atoms with Crippen LogP contribution in [-0.2, 0) is 4.79 Å². The van der Waals surface area contributed by atoms with Gasteiger partial charge in [-0.25, -0.2) is 0 Å². The molecule has 1 heterocycles. The van der Waals surface area contributed by atoms with Crippen LogP contribution in [0, 0.1) is 0 Å². The fraction of sp³-hybridized carbons (Fsp3) is 0.381. The van der Waals surface area contributed by atoms with E-state index < -0.39 is 0 Å². The Hall–Kier alpha value is -2.69. The maximum absolute atomic E-state index is 12.4. The lowest BCUT2D eigenvalue weighted by Gasteiger charge is -2.36. The lowest BCUT2D eigenvalue weighted by Crippen LogP contribution is -2.49. The third-order valence-electron chi connectivity index (χ3n) is 4.59. The van der Waals surface area contributed by atoms with Crippen LogP contribution in [-0.4, -0.2) is 50.1 Å². The normalized spacial score (nSPS) is 14.2. The summed E-state index contributed by atoms with van der Waals surface area (Å²) in [4.78, 5) is 16.7. The van der Waals surface area contributed by atoms with E-state index >= 15 is 0 Å². The molecule has 1 aliphatic rings. The minimum atomic E-state index is 0.219. The summed E-state index contributed by atoms with van der Waals surface area (Å²) in [5.41, 5.74) is 2.24.